The van der Waals surface area contributed by atoms with Crippen molar-refractivity contribution in [1.29, 1.82) is 0 Å². The van der Waals surface area contributed by atoms with Gasteiger partial charge in [0, 0.05) is 35.0 Å². The van der Waals surface area contributed by atoms with Gasteiger partial charge in [-0.05, 0) is 38.3 Å². The molecule has 1 aliphatic heterocycles. The van der Waals surface area contributed by atoms with E-state index in [1.807, 2.05) is 0 Å². The molecule has 1 heterocycles. The average Bonchev–Trinajstić information content (AvgIpc) is 3.26. The molecule has 2 unspecified atom stereocenters. The van der Waals surface area contributed by atoms with Gasteiger partial charge >= 0.3 is 5.97 Å². The minimum atomic E-state index is -0.862. The van der Waals surface area contributed by atoms with Crippen LogP contribution in [0.5, 0.6) is 0 Å². The Morgan fingerprint density at radius 3 is 2.74 bits per heavy atom. The van der Waals surface area contributed by atoms with Crippen molar-refractivity contribution in [2.75, 3.05) is 6.54 Å². The summed E-state index contributed by atoms with van der Waals surface area (Å²) in [7, 11) is 0. The topological polar surface area (TPSA) is 57.6 Å². The first-order chi connectivity index (χ1) is 10.9. The number of hydrogen-bond acceptors (Lipinski definition) is 2. The van der Waals surface area contributed by atoms with E-state index in [0.29, 0.717) is 36.4 Å². The van der Waals surface area contributed by atoms with Crippen molar-refractivity contribution in [3.8, 4) is 0 Å². The fourth-order valence-electron chi connectivity index (χ4n) is 3.65. The summed E-state index contributed by atoms with van der Waals surface area (Å²) in [6.45, 7) is 2.35. The smallest absolute Gasteiger partial charge is 0.308 e. The predicted octanol–water partition coefficient (Wildman–Crippen LogP) is 3.29. The highest BCUT2D eigenvalue weighted by Gasteiger charge is 2.49. The monoisotopic (exact) mass is 339 g/mol. The molecule has 0 radical (unpaired) electrons. The predicted molar refractivity (Wildman–Crippen MR) is 83.8 cm³/mol. The normalized spacial score (nSPS) is 30.1. The van der Waals surface area contributed by atoms with E-state index in [1.165, 1.54) is 6.07 Å². The molecule has 1 saturated carbocycles. The van der Waals surface area contributed by atoms with Crippen molar-refractivity contribution >= 4 is 23.5 Å². The molecule has 1 saturated heterocycles. The van der Waals surface area contributed by atoms with Gasteiger partial charge in [0.2, 0.25) is 5.91 Å². The van der Waals surface area contributed by atoms with Gasteiger partial charge in [-0.3, -0.25) is 9.59 Å². The maximum atomic E-state index is 14.0. The van der Waals surface area contributed by atoms with Crippen molar-refractivity contribution in [1.82, 2.24) is 4.90 Å². The molecule has 3 rings (SSSR count). The zero-order valence-electron chi connectivity index (χ0n) is 12.8. The molecule has 4 atom stereocenters. The summed E-state index contributed by atoms with van der Waals surface area (Å²) in [5.74, 6) is -2.34. The van der Waals surface area contributed by atoms with Crippen LogP contribution in [0.1, 0.15) is 37.7 Å². The number of aliphatic carboxylic acids is 1. The highest BCUT2D eigenvalue weighted by Crippen LogP contribution is 2.51. The van der Waals surface area contributed by atoms with Gasteiger partial charge in [0.1, 0.15) is 5.82 Å². The van der Waals surface area contributed by atoms with Crippen LogP contribution in [0.4, 0.5) is 4.39 Å². The van der Waals surface area contributed by atoms with Gasteiger partial charge in [-0.2, -0.15) is 0 Å². The van der Waals surface area contributed by atoms with E-state index in [9.17, 15) is 19.1 Å². The van der Waals surface area contributed by atoms with Crippen molar-refractivity contribution < 1.29 is 19.1 Å². The second-order valence-electron chi connectivity index (χ2n) is 6.44. The highest BCUT2D eigenvalue weighted by molar-refractivity contribution is 6.31. The molecule has 1 amide bonds. The number of carboxylic acid groups (broad SMARTS) is 1. The van der Waals surface area contributed by atoms with Crippen molar-refractivity contribution in [2.24, 2.45) is 11.8 Å². The fraction of sp³-hybridized carbons (Fsp3) is 0.529. The fourth-order valence-corrected chi connectivity index (χ4v) is 3.95. The van der Waals surface area contributed by atoms with Crippen LogP contribution < -0.4 is 0 Å². The van der Waals surface area contributed by atoms with Crippen LogP contribution in [-0.4, -0.2) is 34.5 Å². The second-order valence-corrected chi connectivity index (χ2v) is 6.85. The van der Waals surface area contributed by atoms with Crippen LogP contribution >= 0.6 is 11.6 Å². The van der Waals surface area contributed by atoms with E-state index in [-0.39, 0.29) is 29.6 Å². The van der Waals surface area contributed by atoms with E-state index < -0.39 is 11.9 Å². The van der Waals surface area contributed by atoms with E-state index in [2.05, 4.69) is 0 Å². The molecule has 2 aliphatic rings. The molecule has 0 aromatic heterocycles. The number of carbonyl (C=O) groups excluding carboxylic acids is 1. The summed E-state index contributed by atoms with van der Waals surface area (Å²) in [4.78, 5) is 25.7. The molecule has 1 aliphatic carbocycles. The van der Waals surface area contributed by atoms with Crippen LogP contribution in [0.3, 0.4) is 0 Å². The maximum Gasteiger partial charge on any atom is 0.308 e. The first kappa shape index (κ1) is 16.2. The van der Waals surface area contributed by atoms with E-state index >= 15 is 0 Å². The van der Waals surface area contributed by atoms with E-state index in [1.54, 1.807) is 24.0 Å². The number of amides is 1. The number of piperidine rings is 1. The van der Waals surface area contributed by atoms with Gasteiger partial charge in [0.05, 0.1) is 5.92 Å². The van der Waals surface area contributed by atoms with Crippen LogP contribution in [0.25, 0.3) is 0 Å². The Morgan fingerprint density at radius 2 is 2.09 bits per heavy atom. The molecule has 6 heteroatoms. The number of carboxylic acids is 1. The minimum Gasteiger partial charge on any atom is -0.481 e. The third kappa shape index (κ3) is 2.94. The number of hydrogen-bond donors (Lipinski definition) is 1. The van der Waals surface area contributed by atoms with Crippen LogP contribution in [-0.2, 0) is 9.59 Å². The molecule has 2 fully saturated rings. The Labute approximate surface area is 139 Å². The van der Waals surface area contributed by atoms with Crippen LogP contribution in [0.2, 0.25) is 5.02 Å². The van der Waals surface area contributed by atoms with Crippen molar-refractivity contribution in [2.45, 2.75) is 38.1 Å². The SMILES string of the molecule is C[C@@H]1[C@H](C(=O)O)CCCN1C(=O)C1CC1c1c(F)cccc1Cl. The zero-order chi connectivity index (χ0) is 16.7. The standard InChI is InChI=1S/C17H19ClFNO3/c1-9-10(17(22)23)4-3-7-20(9)16(21)12-8-11(12)15-13(18)5-2-6-14(15)19/h2,5-6,9-12H,3-4,7-8H2,1H3,(H,22,23)/t9-,10-,11?,12?/m1/s1. The minimum absolute atomic E-state index is 0.0761. The van der Waals surface area contributed by atoms with Gasteiger partial charge in [-0.25, -0.2) is 4.39 Å². The van der Waals surface area contributed by atoms with Crippen molar-refractivity contribution in [3.63, 3.8) is 0 Å². The quantitative estimate of drug-likeness (QED) is 0.919. The molecule has 23 heavy (non-hydrogen) atoms. The number of rotatable bonds is 3. The lowest BCUT2D eigenvalue weighted by Gasteiger charge is -2.37. The average molecular weight is 340 g/mol. The Bertz CT molecular complexity index is 630. The molecule has 4 nitrogen and oxygen atoms in total. The zero-order valence-corrected chi connectivity index (χ0v) is 13.6. The Hall–Kier alpha value is -1.62. The molecule has 1 N–H and O–H groups in total. The third-order valence-corrected chi connectivity index (χ3v) is 5.40. The van der Waals surface area contributed by atoms with Gasteiger partial charge < -0.3 is 10.0 Å². The third-order valence-electron chi connectivity index (χ3n) is 5.07. The molecule has 1 aromatic carbocycles. The first-order valence-electron chi connectivity index (χ1n) is 7.89. The summed E-state index contributed by atoms with van der Waals surface area (Å²) in [5.41, 5.74) is 0.409. The number of halogens is 2. The first-order valence-corrected chi connectivity index (χ1v) is 8.26. The van der Waals surface area contributed by atoms with Gasteiger partial charge in [-0.15, -0.1) is 0 Å². The number of nitrogens with zero attached hydrogens (tertiary/aromatic N) is 1. The van der Waals surface area contributed by atoms with Crippen molar-refractivity contribution in [3.05, 3.63) is 34.6 Å². The van der Waals surface area contributed by atoms with E-state index in [4.69, 9.17) is 11.6 Å². The molecular weight excluding hydrogens is 321 g/mol. The van der Waals surface area contributed by atoms with Gasteiger partial charge in [0.15, 0.2) is 0 Å². The summed E-state index contributed by atoms with van der Waals surface area (Å²) in [6.07, 6.45) is 1.85. The number of carbonyl (C=O) groups is 2. The van der Waals surface area contributed by atoms with Gasteiger partial charge in [-0.1, -0.05) is 17.7 Å². The Kier molecular flexibility index (Phi) is 4.32. The highest BCUT2D eigenvalue weighted by atomic mass is 35.5. The van der Waals surface area contributed by atoms with E-state index in [0.717, 1.165) is 0 Å². The Balaban J connectivity index is 1.74. The molecule has 0 bridgehead atoms. The number of benzene rings is 1. The second kappa shape index (κ2) is 6.11. The molecule has 0 spiro atoms. The molecule has 124 valence electrons. The Morgan fingerprint density at radius 1 is 1.35 bits per heavy atom. The lowest BCUT2D eigenvalue weighted by molar-refractivity contribution is -0.149. The molecule has 1 aromatic rings. The largest absolute Gasteiger partial charge is 0.481 e. The summed E-state index contributed by atoms with van der Waals surface area (Å²) in [6, 6.07) is 4.20. The lowest BCUT2D eigenvalue weighted by Crippen LogP contribution is -2.49. The van der Waals surface area contributed by atoms with Gasteiger partial charge in [0.25, 0.3) is 0 Å². The number of likely N-dealkylation sites (tertiary alicyclic amines) is 1. The lowest BCUT2D eigenvalue weighted by atomic mass is 9.90. The maximum absolute atomic E-state index is 14.0. The summed E-state index contributed by atoms with van der Waals surface area (Å²) >= 11 is 6.07. The van der Waals surface area contributed by atoms with Crippen LogP contribution in [0, 0.1) is 17.7 Å². The summed E-state index contributed by atoms with van der Waals surface area (Å²) < 4.78 is 14.0. The molecular formula is C17H19ClFNO3. The van der Waals surface area contributed by atoms with Crippen LogP contribution in [0.15, 0.2) is 18.2 Å². The summed E-state index contributed by atoms with van der Waals surface area (Å²) in [5, 5.41) is 9.61.